The third-order valence-corrected chi connectivity index (χ3v) is 6.13. The van der Waals surface area contributed by atoms with Crippen LogP contribution in [0.2, 0.25) is 5.02 Å². The molecule has 0 fully saturated rings. The minimum Gasteiger partial charge on any atom is -0.493 e. The summed E-state index contributed by atoms with van der Waals surface area (Å²) >= 11 is 6.69. The number of hydrogen-bond acceptors (Lipinski definition) is 4. The maximum atomic E-state index is 6.69. The summed E-state index contributed by atoms with van der Waals surface area (Å²) in [5.41, 5.74) is 3.72. The van der Waals surface area contributed by atoms with E-state index in [2.05, 4.69) is 26.6 Å². The first-order chi connectivity index (χ1) is 17.1. The molecular formula is C27H24ClN5O2. The predicted molar refractivity (Wildman–Crippen MR) is 137 cm³/mol. The van der Waals surface area contributed by atoms with Crippen LogP contribution in [0, 0.1) is 6.92 Å². The lowest BCUT2D eigenvalue weighted by Crippen LogP contribution is -2.38. The maximum Gasteiger partial charge on any atom is 0.305 e. The van der Waals surface area contributed by atoms with Crippen LogP contribution in [-0.2, 0) is 6.54 Å². The molecule has 0 aliphatic heterocycles. The Bertz CT molecular complexity index is 1500. The van der Waals surface area contributed by atoms with Crippen molar-refractivity contribution in [3.63, 3.8) is 0 Å². The molecule has 0 atom stereocenters. The van der Waals surface area contributed by atoms with Gasteiger partial charge in [0.05, 0.1) is 30.9 Å². The lowest BCUT2D eigenvalue weighted by Gasteiger charge is -2.17. The largest absolute Gasteiger partial charge is 0.493 e. The molecule has 35 heavy (non-hydrogen) atoms. The number of fused-ring (bicyclic) bond motifs is 1. The molecule has 0 amide bonds. The van der Waals surface area contributed by atoms with E-state index in [-0.39, 0.29) is 0 Å². The number of aromatic amines is 1. The van der Waals surface area contributed by atoms with Crippen molar-refractivity contribution in [2.45, 2.75) is 13.5 Å². The van der Waals surface area contributed by atoms with E-state index in [1.54, 1.807) is 14.2 Å². The Hall–Kier alpha value is -4.10. The minimum atomic E-state index is 0.452. The fourth-order valence-electron chi connectivity index (χ4n) is 4.15. The number of aromatic nitrogens is 4. The van der Waals surface area contributed by atoms with Gasteiger partial charge in [-0.1, -0.05) is 59.2 Å². The van der Waals surface area contributed by atoms with Gasteiger partial charge in [0, 0.05) is 17.5 Å². The van der Waals surface area contributed by atoms with Crippen molar-refractivity contribution in [2.75, 3.05) is 14.2 Å². The van der Waals surface area contributed by atoms with Gasteiger partial charge in [-0.05, 0) is 48.2 Å². The number of nitrogens with one attached hydrogen (secondary N) is 1. The highest BCUT2D eigenvalue weighted by molar-refractivity contribution is 6.33. The Morgan fingerprint density at radius 1 is 0.943 bits per heavy atom. The van der Waals surface area contributed by atoms with Crippen molar-refractivity contribution in [1.82, 2.24) is 15.2 Å². The number of pyridine rings is 1. The second-order valence-electron chi connectivity index (χ2n) is 8.00. The number of aryl methyl sites for hydroxylation is 1. The van der Waals surface area contributed by atoms with E-state index >= 15 is 0 Å². The van der Waals surface area contributed by atoms with Crippen molar-refractivity contribution in [1.29, 1.82) is 0 Å². The van der Waals surface area contributed by atoms with Gasteiger partial charge in [0.15, 0.2) is 11.5 Å². The number of benzene rings is 3. The van der Waals surface area contributed by atoms with Crippen molar-refractivity contribution < 1.29 is 14.0 Å². The second-order valence-corrected chi connectivity index (χ2v) is 8.41. The van der Waals surface area contributed by atoms with E-state index in [1.165, 1.54) is 0 Å². The molecule has 0 unspecified atom stereocenters. The van der Waals surface area contributed by atoms with Crippen LogP contribution < -0.4 is 14.0 Å². The Balaban J connectivity index is 1.68. The van der Waals surface area contributed by atoms with Crippen LogP contribution in [0.1, 0.15) is 11.3 Å². The summed E-state index contributed by atoms with van der Waals surface area (Å²) in [5, 5.41) is 14.6. The van der Waals surface area contributed by atoms with E-state index in [0.717, 1.165) is 33.3 Å². The van der Waals surface area contributed by atoms with Gasteiger partial charge in [-0.2, -0.15) is 0 Å². The molecule has 2 aromatic heterocycles. The monoisotopic (exact) mass is 485 g/mol. The zero-order valence-corrected chi connectivity index (χ0v) is 20.4. The zero-order chi connectivity index (χ0) is 24.4. The van der Waals surface area contributed by atoms with Crippen LogP contribution in [0.25, 0.3) is 33.3 Å². The summed E-state index contributed by atoms with van der Waals surface area (Å²) in [6.07, 6.45) is 0. The first-order valence-corrected chi connectivity index (χ1v) is 11.5. The Morgan fingerprint density at radius 2 is 1.66 bits per heavy atom. The SMILES string of the molecule is COc1cc2cc(C)[n+](-c3n[nH]c([N-]Cc4ccccc4)n3)c(-c3ccccc3Cl)c2cc1OC. The summed E-state index contributed by atoms with van der Waals surface area (Å²) in [7, 11) is 3.25. The molecule has 0 spiro atoms. The van der Waals surface area contributed by atoms with Gasteiger partial charge in [-0.25, -0.2) is 4.57 Å². The quantitative estimate of drug-likeness (QED) is 0.283. The molecule has 0 aliphatic carbocycles. The molecule has 0 saturated carbocycles. The summed E-state index contributed by atoms with van der Waals surface area (Å²) < 4.78 is 13.1. The third kappa shape index (κ3) is 4.38. The van der Waals surface area contributed by atoms with Gasteiger partial charge in [0.2, 0.25) is 0 Å². The Kier molecular flexibility index (Phi) is 6.25. The van der Waals surface area contributed by atoms with Crippen LogP contribution in [0.4, 0.5) is 5.95 Å². The molecule has 0 radical (unpaired) electrons. The number of methoxy groups -OCH3 is 2. The van der Waals surface area contributed by atoms with E-state index < -0.39 is 0 Å². The van der Waals surface area contributed by atoms with Crippen LogP contribution in [0.5, 0.6) is 11.5 Å². The highest BCUT2D eigenvalue weighted by Crippen LogP contribution is 2.38. The summed E-state index contributed by atoms with van der Waals surface area (Å²) in [5.74, 6) is 2.20. The average molecular weight is 486 g/mol. The van der Waals surface area contributed by atoms with E-state index in [1.807, 2.05) is 78.2 Å². The fraction of sp³-hybridized carbons (Fsp3) is 0.148. The average Bonchev–Trinajstić information content (AvgIpc) is 3.35. The van der Waals surface area contributed by atoms with Crippen molar-refractivity contribution in [3.05, 3.63) is 94.4 Å². The number of H-pyrrole nitrogens is 1. The molecule has 5 rings (SSSR count). The minimum absolute atomic E-state index is 0.452. The van der Waals surface area contributed by atoms with Gasteiger partial charge in [0.25, 0.3) is 0 Å². The topological polar surface area (TPSA) is 78.0 Å². The van der Waals surface area contributed by atoms with Crippen molar-refractivity contribution >= 4 is 28.3 Å². The number of rotatable bonds is 7. The van der Waals surface area contributed by atoms with E-state index in [0.29, 0.717) is 35.0 Å². The fourth-order valence-corrected chi connectivity index (χ4v) is 4.37. The standard InChI is InChI=1S/C27H24ClN5O2/c1-17-13-19-14-23(34-2)24(35-3)15-21(19)25(20-11-7-8-12-22(20)28)33(17)27-30-26(31-32-27)29-16-18-9-5-4-6-10-18/h4-15H,16H2,1-3H3,(H-,29,30,31,32). The summed E-state index contributed by atoms with van der Waals surface area (Å²) in [4.78, 5) is 4.69. The number of ether oxygens (including phenoxy) is 2. The van der Waals surface area contributed by atoms with Crippen LogP contribution >= 0.6 is 11.6 Å². The van der Waals surface area contributed by atoms with Gasteiger partial charge in [-0.15, -0.1) is 0 Å². The summed E-state index contributed by atoms with van der Waals surface area (Å²) in [6.45, 7) is 2.51. The number of hydrogen-bond donors (Lipinski definition) is 1. The maximum absolute atomic E-state index is 6.69. The normalized spacial score (nSPS) is 11.0. The molecule has 0 bridgehead atoms. The van der Waals surface area contributed by atoms with Crippen LogP contribution in [-0.4, -0.2) is 29.4 Å². The highest BCUT2D eigenvalue weighted by Gasteiger charge is 2.22. The summed E-state index contributed by atoms with van der Waals surface area (Å²) in [6, 6.07) is 23.7. The van der Waals surface area contributed by atoms with E-state index in [4.69, 9.17) is 21.1 Å². The lowest BCUT2D eigenvalue weighted by molar-refractivity contribution is -0.597. The van der Waals surface area contributed by atoms with Crippen molar-refractivity contribution in [2.24, 2.45) is 0 Å². The molecule has 3 aromatic carbocycles. The Labute approximate surface area is 208 Å². The molecule has 2 heterocycles. The first kappa shape index (κ1) is 22.7. The van der Waals surface area contributed by atoms with Crippen LogP contribution in [0.3, 0.4) is 0 Å². The molecular weight excluding hydrogens is 462 g/mol. The molecule has 8 heteroatoms. The first-order valence-electron chi connectivity index (χ1n) is 11.1. The molecule has 0 aliphatic rings. The zero-order valence-electron chi connectivity index (χ0n) is 19.6. The second kappa shape index (κ2) is 9.64. The highest BCUT2D eigenvalue weighted by atomic mass is 35.5. The van der Waals surface area contributed by atoms with Gasteiger partial charge >= 0.3 is 5.95 Å². The number of nitrogens with zero attached hydrogens (tertiary/aromatic N) is 4. The van der Waals surface area contributed by atoms with Gasteiger partial charge < -0.3 is 14.8 Å². The predicted octanol–water partition coefficient (Wildman–Crippen LogP) is 6.09. The van der Waals surface area contributed by atoms with Gasteiger partial charge in [-0.3, -0.25) is 10.1 Å². The van der Waals surface area contributed by atoms with Crippen LogP contribution in [0.15, 0.2) is 72.8 Å². The lowest BCUT2D eigenvalue weighted by atomic mass is 10.0. The molecule has 5 aromatic rings. The molecule has 176 valence electrons. The molecule has 0 saturated heterocycles. The van der Waals surface area contributed by atoms with E-state index in [9.17, 15) is 0 Å². The molecule has 1 N–H and O–H groups in total. The van der Waals surface area contributed by atoms with Crippen molar-refractivity contribution in [3.8, 4) is 28.7 Å². The Morgan fingerprint density at radius 3 is 2.40 bits per heavy atom. The van der Waals surface area contributed by atoms with Gasteiger partial charge in [0.1, 0.15) is 5.69 Å². The smallest absolute Gasteiger partial charge is 0.305 e. The molecule has 7 nitrogen and oxygen atoms in total. The number of halogens is 1. The third-order valence-electron chi connectivity index (χ3n) is 5.80.